The van der Waals surface area contributed by atoms with Crippen molar-refractivity contribution >= 4 is 5.69 Å². The molecule has 0 bridgehead atoms. The van der Waals surface area contributed by atoms with Crippen LogP contribution in [-0.4, -0.2) is 0 Å². The Morgan fingerprint density at radius 2 is 2.12 bits per heavy atom. The maximum Gasteiger partial charge on any atom is 0.0991 e. The highest BCUT2D eigenvalue weighted by atomic mass is 15.0. The van der Waals surface area contributed by atoms with Crippen LogP contribution in [0.1, 0.15) is 49.3 Å². The molecule has 3 N–H and O–H groups in total. The van der Waals surface area contributed by atoms with E-state index in [-0.39, 0.29) is 5.92 Å². The normalized spacial score (nSPS) is 18.1. The van der Waals surface area contributed by atoms with Gasteiger partial charge < -0.3 is 11.1 Å². The van der Waals surface area contributed by atoms with Crippen molar-refractivity contribution in [3.05, 3.63) is 40.7 Å². The fourth-order valence-electron chi connectivity index (χ4n) is 2.26. The van der Waals surface area contributed by atoms with Gasteiger partial charge in [-0.1, -0.05) is 20.8 Å². The molecule has 1 aromatic carbocycles. The topological polar surface area (TPSA) is 61.8 Å². The SMILES string of the molecule is CC(C)c1cc(C#N)cc2c1NC(N)=CC2C. The molecule has 1 atom stereocenters. The average Bonchev–Trinajstić information content (AvgIpc) is 2.27. The third-order valence-corrected chi connectivity index (χ3v) is 3.14. The number of benzene rings is 1. The first-order valence-electron chi connectivity index (χ1n) is 5.85. The molecule has 88 valence electrons. The molecule has 0 aromatic heterocycles. The molecule has 1 unspecified atom stereocenters. The predicted octanol–water partition coefficient (Wildman–Crippen LogP) is 3.01. The molecule has 0 amide bonds. The van der Waals surface area contributed by atoms with Gasteiger partial charge in [-0.2, -0.15) is 5.26 Å². The fourth-order valence-corrected chi connectivity index (χ4v) is 2.26. The van der Waals surface area contributed by atoms with Crippen molar-refractivity contribution in [3.8, 4) is 6.07 Å². The standard InChI is InChI=1S/C14H17N3/c1-8(2)11-5-10(7-15)6-12-9(3)4-13(16)17-14(11)12/h4-6,8-9,17H,16H2,1-3H3. The van der Waals surface area contributed by atoms with Crippen LogP contribution in [0.25, 0.3) is 0 Å². The zero-order valence-electron chi connectivity index (χ0n) is 10.4. The molecule has 3 nitrogen and oxygen atoms in total. The van der Waals surface area contributed by atoms with E-state index in [1.165, 1.54) is 0 Å². The van der Waals surface area contributed by atoms with Crippen LogP contribution in [0.5, 0.6) is 0 Å². The second kappa shape index (κ2) is 4.14. The van der Waals surface area contributed by atoms with E-state index in [1.54, 1.807) is 0 Å². The van der Waals surface area contributed by atoms with Gasteiger partial charge in [-0.25, -0.2) is 0 Å². The van der Waals surface area contributed by atoms with E-state index in [9.17, 15) is 0 Å². The minimum Gasteiger partial charge on any atom is -0.386 e. The van der Waals surface area contributed by atoms with Crippen LogP contribution in [0.15, 0.2) is 24.0 Å². The number of fused-ring (bicyclic) bond motifs is 1. The summed E-state index contributed by atoms with van der Waals surface area (Å²) in [6, 6.07) is 6.12. The molecule has 0 fully saturated rings. The molecule has 1 aliphatic heterocycles. The monoisotopic (exact) mass is 227 g/mol. The van der Waals surface area contributed by atoms with Gasteiger partial charge in [0.25, 0.3) is 0 Å². The van der Waals surface area contributed by atoms with Gasteiger partial charge >= 0.3 is 0 Å². The highest BCUT2D eigenvalue weighted by molar-refractivity contribution is 5.67. The molecule has 2 rings (SSSR count). The molecule has 0 saturated carbocycles. The predicted molar refractivity (Wildman–Crippen MR) is 69.6 cm³/mol. The molecule has 3 heteroatoms. The number of nitrogens with two attached hydrogens (primary N) is 1. The Kier molecular flexibility index (Phi) is 2.81. The van der Waals surface area contributed by atoms with Gasteiger partial charge in [0.05, 0.1) is 17.5 Å². The first-order chi connectivity index (χ1) is 8.02. The summed E-state index contributed by atoms with van der Waals surface area (Å²) in [4.78, 5) is 0. The molecular weight excluding hydrogens is 210 g/mol. The summed E-state index contributed by atoms with van der Waals surface area (Å²) in [7, 11) is 0. The van der Waals surface area contributed by atoms with Gasteiger partial charge in [0.2, 0.25) is 0 Å². The van der Waals surface area contributed by atoms with Gasteiger partial charge in [-0.3, -0.25) is 0 Å². The lowest BCUT2D eigenvalue weighted by Crippen LogP contribution is -2.18. The van der Waals surface area contributed by atoms with E-state index < -0.39 is 0 Å². The first-order valence-corrected chi connectivity index (χ1v) is 5.85. The summed E-state index contributed by atoms with van der Waals surface area (Å²) in [5.41, 5.74) is 9.97. The Balaban J connectivity index is 2.65. The maximum atomic E-state index is 9.07. The van der Waals surface area contributed by atoms with Crippen molar-refractivity contribution in [1.82, 2.24) is 0 Å². The van der Waals surface area contributed by atoms with Crippen molar-refractivity contribution in [3.63, 3.8) is 0 Å². The minimum atomic E-state index is 0.247. The van der Waals surface area contributed by atoms with Crippen molar-refractivity contribution in [2.24, 2.45) is 5.73 Å². The summed E-state index contributed by atoms with van der Waals surface area (Å²) in [5.74, 6) is 1.30. The second-order valence-electron chi connectivity index (χ2n) is 4.83. The first kappa shape index (κ1) is 11.5. The van der Waals surface area contributed by atoms with Gasteiger partial charge in [0.1, 0.15) is 0 Å². The summed E-state index contributed by atoms with van der Waals surface area (Å²) in [6.45, 7) is 6.34. The average molecular weight is 227 g/mol. The molecule has 1 aliphatic rings. The minimum absolute atomic E-state index is 0.247. The van der Waals surface area contributed by atoms with Crippen molar-refractivity contribution < 1.29 is 0 Å². The van der Waals surface area contributed by atoms with E-state index in [0.717, 1.165) is 22.4 Å². The van der Waals surface area contributed by atoms with Crippen molar-refractivity contribution in [2.45, 2.75) is 32.6 Å². The summed E-state index contributed by atoms with van der Waals surface area (Å²) >= 11 is 0. The van der Waals surface area contributed by atoms with Crippen LogP contribution < -0.4 is 11.1 Å². The largest absolute Gasteiger partial charge is 0.386 e. The van der Waals surface area contributed by atoms with E-state index in [2.05, 4.69) is 32.2 Å². The Bertz CT molecular complexity index is 521. The number of hydrogen-bond donors (Lipinski definition) is 2. The number of nitrogens with one attached hydrogen (secondary N) is 1. The molecule has 17 heavy (non-hydrogen) atoms. The van der Waals surface area contributed by atoms with Crippen molar-refractivity contribution in [1.29, 1.82) is 5.26 Å². The van der Waals surface area contributed by atoms with E-state index >= 15 is 0 Å². The van der Waals surface area contributed by atoms with Crippen LogP contribution in [0, 0.1) is 11.3 Å². The highest BCUT2D eigenvalue weighted by Crippen LogP contribution is 2.37. The van der Waals surface area contributed by atoms with Crippen LogP contribution in [0.2, 0.25) is 0 Å². The van der Waals surface area contributed by atoms with E-state index in [0.29, 0.717) is 11.7 Å². The van der Waals surface area contributed by atoms with Crippen molar-refractivity contribution in [2.75, 3.05) is 5.32 Å². The van der Waals surface area contributed by atoms with Gasteiger partial charge in [-0.05, 0) is 35.3 Å². The summed E-state index contributed by atoms with van der Waals surface area (Å²) in [6.07, 6.45) is 1.98. The Morgan fingerprint density at radius 3 is 2.71 bits per heavy atom. The Morgan fingerprint density at radius 1 is 1.41 bits per heavy atom. The van der Waals surface area contributed by atoms with E-state index in [1.807, 2.05) is 18.2 Å². The lowest BCUT2D eigenvalue weighted by Gasteiger charge is -2.26. The van der Waals surface area contributed by atoms with Crippen LogP contribution in [-0.2, 0) is 0 Å². The van der Waals surface area contributed by atoms with Crippen LogP contribution in [0.3, 0.4) is 0 Å². The van der Waals surface area contributed by atoms with Gasteiger partial charge in [0, 0.05) is 11.6 Å². The fraction of sp³-hybridized carbons (Fsp3) is 0.357. The number of rotatable bonds is 1. The molecule has 1 aromatic rings. The summed E-state index contributed by atoms with van der Waals surface area (Å²) in [5, 5.41) is 12.3. The quantitative estimate of drug-likeness (QED) is 0.775. The van der Waals surface area contributed by atoms with Gasteiger partial charge in [0.15, 0.2) is 0 Å². The Labute approximate surface area is 102 Å². The maximum absolute atomic E-state index is 9.07. The van der Waals surface area contributed by atoms with Crippen LogP contribution >= 0.6 is 0 Å². The number of nitrogens with zero attached hydrogens (tertiary/aromatic N) is 1. The Hall–Kier alpha value is -1.95. The third kappa shape index (κ3) is 1.99. The molecule has 1 heterocycles. The molecular formula is C14H17N3. The highest BCUT2D eigenvalue weighted by Gasteiger charge is 2.20. The molecule has 0 aliphatic carbocycles. The smallest absolute Gasteiger partial charge is 0.0991 e. The van der Waals surface area contributed by atoms with Crippen LogP contribution in [0.4, 0.5) is 5.69 Å². The number of hydrogen-bond acceptors (Lipinski definition) is 3. The number of nitriles is 1. The molecule has 0 radical (unpaired) electrons. The third-order valence-electron chi connectivity index (χ3n) is 3.14. The summed E-state index contributed by atoms with van der Waals surface area (Å²) < 4.78 is 0. The lowest BCUT2D eigenvalue weighted by molar-refractivity contribution is 0.848. The second-order valence-corrected chi connectivity index (χ2v) is 4.83. The number of anilines is 1. The molecule has 0 saturated heterocycles. The van der Waals surface area contributed by atoms with E-state index in [4.69, 9.17) is 11.0 Å². The number of allylic oxidation sites excluding steroid dienone is 1. The zero-order chi connectivity index (χ0) is 12.6. The van der Waals surface area contributed by atoms with Gasteiger partial charge in [-0.15, -0.1) is 0 Å². The lowest BCUT2D eigenvalue weighted by atomic mass is 9.88. The zero-order valence-corrected chi connectivity index (χ0v) is 10.4. The molecule has 0 spiro atoms.